The molecule has 3 rings (SSSR count). The van der Waals surface area contributed by atoms with Crippen molar-refractivity contribution in [2.24, 2.45) is 5.73 Å². The SMILES string of the molecule is N=C(N)NC(=N)NCCOCCCOCC[PH](c1ccccc1)(c1ccccc1)c1ccccc1. The Morgan fingerprint density at radius 1 is 0.686 bits per heavy atom. The molecule has 0 saturated carbocycles. The van der Waals surface area contributed by atoms with E-state index in [0.29, 0.717) is 33.0 Å². The van der Waals surface area contributed by atoms with Crippen molar-refractivity contribution >= 4 is 35.1 Å². The number of hydrogen-bond acceptors (Lipinski definition) is 4. The zero-order valence-electron chi connectivity index (χ0n) is 20.0. The van der Waals surface area contributed by atoms with Crippen molar-refractivity contribution < 1.29 is 9.47 Å². The van der Waals surface area contributed by atoms with Crippen molar-refractivity contribution in [2.75, 3.05) is 39.1 Å². The molecule has 0 amide bonds. The number of guanidine groups is 2. The van der Waals surface area contributed by atoms with Gasteiger partial charge in [-0.3, -0.25) is 5.41 Å². The summed E-state index contributed by atoms with van der Waals surface area (Å²) in [5.74, 6) is -0.272. The second kappa shape index (κ2) is 14.2. The van der Waals surface area contributed by atoms with Crippen molar-refractivity contribution in [2.45, 2.75) is 6.42 Å². The van der Waals surface area contributed by atoms with Crippen LogP contribution in [0, 0.1) is 10.8 Å². The van der Waals surface area contributed by atoms with Gasteiger partial charge in [-0.15, -0.1) is 0 Å². The molecule has 0 heterocycles. The van der Waals surface area contributed by atoms with E-state index in [-0.39, 0.29) is 11.9 Å². The first-order valence-electron chi connectivity index (χ1n) is 11.9. The molecule has 0 aliphatic heterocycles. The molecule has 3 aromatic rings. The van der Waals surface area contributed by atoms with E-state index < -0.39 is 7.26 Å². The summed E-state index contributed by atoms with van der Waals surface area (Å²) in [5, 5.41) is 23.9. The third-order valence-corrected chi connectivity index (χ3v) is 10.7. The van der Waals surface area contributed by atoms with E-state index >= 15 is 0 Å². The molecule has 0 radical (unpaired) electrons. The summed E-state index contributed by atoms with van der Waals surface area (Å²) in [4.78, 5) is 0. The zero-order valence-corrected chi connectivity index (χ0v) is 21.0. The molecular formula is C27H36N5O2P. The van der Waals surface area contributed by atoms with Crippen molar-refractivity contribution in [1.82, 2.24) is 10.6 Å². The Kier molecular flexibility index (Phi) is 10.7. The Hall–Kier alpha value is -3.25. The molecule has 0 aliphatic rings. The third kappa shape index (κ3) is 7.89. The maximum absolute atomic E-state index is 7.53. The third-order valence-electron chi connectivity index (χ3n) is 5.81. The van der Waals surface area contributed by atoms with Crippen LogP contribution in [0.2, 0.25) is 0 Å². The fraction of sp³-hybridized carbons (Fsp3) is 0.259. The van der Waals surface area contributed by atoms with Gasteiger partial charge < -0.3 is 5.73 Å². The van der Waals surface area contributed by atoms with E-state index in [2.05, 4.69) is 102 Å². The van der Waals surface area contributed by atoms with Crippen LogP contribution in [-0.2, 0) is 9.47 Å². The Labute approximate surface area is 208 Å². The fourth-order valence-electron chi connectivity index (χ4n) is 4.22. The molecule has 0 spiro atoms. The van der Waals surface area contributed by atoms with Crippen LogP contribution in [0.5, 0.6) is 0 Å². The Balaban J connectivity index is 1.54. The molecule has 0 saturated heterocycles. The van der Waals surface area contributed by atoms with Gasteiger partial charge in [-0.05, 0) is 0 Å². The maximum atomic E-state index is 7.53. The summed E-state index contributed by atoms with van der Waals surface area (Å²) in [7, 11) is -2.25. The standard InChI is InChI=1S/C27H36N5O2P/c28-26(29)32-27(30)31-17-20-33-18-10-19-34-21-22-35(23-11-4-1-5-12-23,24-13-6-2-7-14-24)25-15-8-3-9-16-25/h1-9,11-16,35H,10,17-22H2,(H6,28,29,30,31,32). The second-order valence-corrected chi connectivity index (χ2v) is 12.2. The molecule has 8 heteroatoms. The van der Waals surface area contributed by atoms with Crippen LogP contribution < -0.4 is 32.3 Å². The summed E-state index contributed by atoms with van der Waals surface area (Å²) in [6, 6.07) is 32.6. The van der Waals surface area contributed by atoms with Crippen molar-refractivity contribution in [3.63, 3.8) is 0 Å². The number of nitrogens with one attached hydrogen (secondary N) is 4. The molecule has 3 aromatic carbocycles. The fourth-order valence-corrected chi connectivity index (χ4v) is 8.82. The van der Waals surface area contributed by atoms with Crippen LogP contribution in [0.25, 0.3) is 0 Å². The zero-order chi connectivity index (χ0) is 24.8. The molecule has 0 aromatic heterocycles. The number of ether oxygens (including phenoxy) is 2. The summed E-state index contributed by atoms with van der Waals surface area (Å²) in [6.07, 6.45) is 1.76. The molecule has 0 aliphatic carbocycles. The van der Waals surface area contributed by atoms with Gasteiger partial charge in [0.15, 0.2) is 5.96 Å². The van der Waals surface area contributed by atoms with Gasteiger partial charge in [0, 0.05) is 0 Å². The Bertz CT molecular complexity index is 939. The van der Waals surface area contributed by atoms with Crippen LogP contribution >= 0.6 is 7.26 Å². The number of benzene rings is 3. The minimum atomic E-state index is -2.25. The van der Waals surface area contributed by atoms with E-state index in [1.807, 2.05) is 0 Å². The van der Waals surface area contributed by atoms with Crippen LogP contribution in [-0.4, -0.2) is 51.1 Å². The predicted octanol–water partition coefficient (Wildman–Crippen LogP) is 2.14. The average molecular weight is 494 g/mol. The van der Waals surface area contributed by atoms with Gasteiger partial charge in [0.1, 0.15) is 0 Å². The molecule has 0 fully saturated rings. The molecule has 7 nitrogen and oxygen atoms in total. The molecule has 6 N–H and O–H groups in total. The van der Waals surface area contributed by atoms with Gasteiger partial charge in [-0.1, -0.05) is 0 Å². The molecule has 0 atom stereocenters. The average Bonchev–Trinajstić information content (AvgIpc) is 2.89. The van der Waals surface area contributed by atoms with Crippen LogP contribution in [0.15, 0.2) is 91.0 Å². The first-order valence-corrected chi connectivity index (χ1v) is 14.1. The van der Waals surface area contributed by atoms with Gasteiger partial charge in [-0.2, -0.15) is 0 Å². The first-order chi connectivity index (χ1) is 17.1. The topological polar surface area (TPSA) is 116 Å². The van der Waals surface area contributed by atoms with Crippen LogP contribution in [0.1, 0.15) is 6.42 Å². The van der Waals surface area contributed by atoms with Gasteiger partial charge in [0.05, 0.1) is 0 Å². The monoisotopic (exact) mass is 493 g/mol. The molecule has 35 heavy (non-hydrogen) atoms. The second-order valence-electron chi connectivity index (χ2n) is 8.17. The van der Waals surface area contributed by atoms with Gasteiger partial charge in [-0.25, -0.2) is 0 Å². The Morgan fingerprint density at radius 3 is 1.60 bits per heavy atom. The van der Waals surface area contributed by atoms with Crippen LogP contribution in [0.3, 0.4) is 0 Å². The summed E-state index contributed by atoms with van der Waals surface area (Å²) >= 11 is 0. The van der Waals surface area contributed by atoms with Gasteiger partial charge in [0.2, 0.25) is 0 Å². The van der Waals surface area contributed by atoms with E-state index in [4.69, 9.17) is 26.0 Å². The summed E-state index contributed by atoms with van der Waals surface area (Å²) in [6.45, 7) is 2.85. The van der Waals surface area contributed by atoms with Crippen LogP contribution in [0.4, 0.5) is 0 Å². The van der Waals surface area contributed by atoms with E-state index in [0.717, 1.165) is 12.6 Å². The minimum absolute atomic E-state index is 0.00710. The van der Waals surface area contributed by atoms with Gasteiger partial charge >= 0.3 is 191 Å². The number of rotatable bonds is 13. The molecule has 0 unspecified atom stereocenters. The molecule has 186 valence electrons. The molecular weight excluding hydrogens is 457 g/mol. The van der Waals surface area contributed by atoms with Crippen molar-refractivity contribution in [3.8, 4) is 0 Å². The summed E-state index contributed by atoms with van der Waals surface area (Å²) in [5.41, 5.74) is 5.18. The molecule has 0 bridgehead atoms. The summed E-state index contributed by atoms with van der Waals surface area (Å²) < 4.78 is 11.7. The first kappa shape index (κ1) is 26.4. The quantitative estimate of drug-likeness (QED) is 0.108. The number of hydrogen-bond donors (Lipinski definition) is 5. The van der Waals surface area contributed by atoms with E-state index in [9.17, 15) is 0 Å². The van der Waals surface area contributed by atoms with Crippen molar-refractivity contribution in [1.29, 1.82) is 10.8 Å². The van der Waals surface area contributed by atoms with Gasteiger partial charge in [0.25, 0.3) is 0 Å². The van der Waals surface area contributed by atoms with E-state index in [1.165, 1.54) is 15.9 Å². The predicted molar refractivity (Wildman–Crippen MR) is 148 cm³/mol. The normalized spacial score (nSPS) is 11.5. The number of nitrogens with two attached hydrogens (primary N) is 1. The van der Waals surface area contributed by atoms with E-state index in [1.54, 1.807) is 0 Å². The Morgan fingerprint density at radius 2 is 1.14 bits per heavy atom. The van der Waals surface area contributed by atoms with Crippen molar-refractivity contribution in [3.05, 3.63) is 91.0 Å².